The molecule has 3 aliphatic rings. The van der Waals surface area contributed by atoms with E-state index in [2.05, 4.69) is 39.8 Å². The van der Waals surface area contributed by atoms with Gasteiger partial charge in [-0.25, -0.2) is 0 Å². The van der Waals surface area contributed by atoms with E-state index < -0.39 is 0 Å². The second kappa shape index (κ2) is 9.93. The van der Waals surface area contributed by atoms with E-state index in [4.69, 9.17) is 9.47 Å². The Bertz CT molecular complexity index is 522. The van der Waals surface area contributed by atoms with Crippen molar-refractivity contribution >= 4 is 0 Å². The summed E-state index contributed by atoms with van der Waals surface area (Å²) < 4.78 is 11.5. The molecule has 0 spiro atoms. The summed E-state index contributed by atoms with van der Waals surface area (Å²) in [5.74, 6) is 6.20. The van der Waals surface area contributed by atoms with Gasteiger partial charge in [-0.1, -0.05) is 59.8 Å². The van der Waals surface area contributed by atoms with Crippen LogP contribution in [0.25, 0.3) is 0 Å². The van der Waals surface area contributed by atoms with E-state index >= 15 is 0 Å². The zero-order chi connectivity index (χ0) is 15.7. The Morgan fingerprint density at radius 3 is 2.60 bits per heavy atom. The molecule has 1 saturated heterocycles. The normalized spacial score (nSPS) is 21.9. The summed E-state index contributed by atoms with van der Waals surface area (Å²) in [6.07, 6.45) is 10.8. The second-order valence-electron chi connectivity index (χ2n) is 7.39. The molecule has 3 rings (SSSR count). The van der Waals surface area contributed by atoms with Crippen molar-refractivity contribution in [2.75, 3.05) is 6.79 Å². The van der Waals surface area contributed by atoms with Gasteiger partial charge in [-0.2, -0.15) is 29.1 Å². The quantitative estimate of drug-likeness (QED) is 0.329. The number of allylic oxidation sites excluding steroid dienone is 4. The summed E-state index contributed by atoms with van der Waals surface area (Å²) in [6, 6.07) is 0. The topological polar surface area (TPSA) is 18.5 Å². The van der Waals surface area contributed by atoms with Crippen molar-refractivity contribution in [3.63, 3.8) is 0 Å². The molecular weight excluding hydrogens is 784 g/mol. The van der Waals surface area contributed by atoms with Gasteiger partial charge in [-0.15, -0.1) is 6.08 Å². The van der Waals surface area contributed by atoms with E-state index in [1.165, 1.54) is 55.1 Å². The van der Waals surface area contributed by atoms with Crippen molar-refractivity contribution in [2.45, 2.75) is 59.8 Å². The van der Waals surface area contributed by atoms with E-state index in [1.807, 2.05) is 0 Å². The van der Waals surface area contributed by atoms with Gasteiger partial charge in [0.15, 0.2) is 0 Å². The van der Waals surface area contributed by atoms with Gasteiger partial charge >= 0.3 is 0 Å². The van der Waals surface area contributed by atoms with Crippen LogP contribution in [0.3, 0.4) is 0 Å². The largest absolute Gasteiger partial charge is 0.529 e. The number of hydrogen-bond acceptors (Lipinski definition) is 2. The number of ether oxygens (including phenoxy) is 2. The van der Waals surface area contributed by atoms with Crippen LogP contribution in [0.2, 0.25) is 0 Å². The molecule has 2 aliphatic carbocycles. The predicted octanol–water partition coefficient (Wildman–Crippen LogP) is 5.94. The Balaban J connectivity index is 0.00000192. The first kappa shape index (κ1) is 23.6. The fourth-order valence-corrected chi connectivity index (χ4v) is 3.74. The molecule has 1 aliphatic heterocycles. The average Bonchev–Trinajstić information content (AvgIpc) is 2.77. The minimum atomic E-state index is 0. The van der Waals surface area contributed by atoms with Gasteiger partial charge in [0, 0.05) is 42.6 Å². The Hall–Kier alpha value is -1.39. The van der Waals surface area contributed by atoms with E-state index in [0.29, 0.717) is 6.79 Å². The fraction of sp³-hybridized carbons (Fsp3) is 0.571. The maximum Gasteiger partial charge on any atom is 0.202 e. The van der Waals surface area contributed by atoms with Crippen LogP contribution in [0.1, 0.15) is 59.8 Å². The Morgan fingerprint density at radius 2 is 1.92 bits per heavy atom. The Labute approximate surface area is 172 Å². The van der Waals surface area contributed by atoms with Gasteiger partial charge in [-0.3, -0.25) is 0 Å². The van der Waals surface area contributed by atoms with Crippen LogP contribution in [0.15, 0.2) is 34.8 Å². The van der Waals surface area contributed by atoms with Gasteiger partial charge < -0.3 is 16.9 Å². The summed E-state index contributed by atoms with van der Waals surface area (Å²) >= 11 is 0. The minimum absolute atomic E-state index is 0. The molecular formula is C21H31LrO2U-3. The molecule has 1 heterocycles. The van der Waals surface area contributed by atoms with Gasteiger partial charge in [0.1, 0.15) is 0 Å². The van der Waals surface area contributed by atoms with Crippen LogP contribution < -0.4 is 0 Å². The van der Waals surface area contributed by atoms with E-state index in [-0.39, 0.29) is 38.5 Å². The first-order valence-corrected chi connectivity index (χ1v) is 8.64. The monoisotopic (exact) mass is 815 g/mol. The maximum absolute atomic E-state index is 5.83. The van der Waals surface area contributed by atoms with Crippen LogP contribution in [0.5, 0.6) is 0 Å². The number of fused-ring (bicyclic) bond motifs is 2. The second-order valence-corrected chi connectivity index (χ2v) is 7.39. The molecule has 1 atom stereocenters. The van der Waals surface area contributed by atoms with Gasteiger partial charge in [0.25, 0.3) is 0 Å². The molecule has 2 nitrogen and oxygen atoms in total. The minimum Gasteiger partial charge on any atom is -0.529 e. The standard InChI is InChI=1S/C20H28O2.CH3.Lr.U/c1-13(2)5-7-16-8-6-15(4)19-17(11-16)9-14(3)10-18-20(19)22-12-21-18;;;/h9-10,13,16H,5-8,11-12H2,1-4H3;1H3;;/q-2;-1;;. The molecule has 149 valence electrons. The van der Waals surface area contributed by atoms with Crippen LogP contribution in [0, 0.1) is 62.2 Å². The third-order valence-electron chi connectivity index (χ3n) is 4.97. The molecule has 2 fully saturated rings. The number of hydrogen-bond donors (Lipinski definition) is 0. The molecule has 0 aromatic rings. The van der Waals surface area contributed by atoms with E-state index in [9.17, 15) is 0 Å². The van der Waals surface area contributed by atoms with Crippen molar-refractivity contribution in [3.8, 4) is 0 Å². The molecule has 0 bridgehead atoms. The molecule has 0 aromatic carbocycles. The Kier molecular flexibility index (Phi) is 9.38. The van der Waals surface area contributed by atoms with E-state index in [1.54, 1.807) is 0 Å². The molecule has 1 unspecified atom stereocenters. The molecule has 1 saturated carbocycles. The third-order valence-corrected chi connectivity index (χ3v) is 4.97. The van der Waals surface area contributed by atoms with Crippen LogP contribution in [-0.4, -0.2) is 6.79 Å². The van der Waals surface area contributed by atoms with Gasteiger partial charge in [0.2, 0.25) is 6.79 Å². The van der Waals surface area contributed by atoms with Crippen molar-refractivity contribution in [2.24, 2.45) is 11.8 Å². The van der Waals surface area contributed by atoms with Gasteiger partial charge in [0.05, 0.1) is 0 Å². The molecule has 1 radical (unpaired) electrons. The predicted molar refractivity (Wildman–Crippen MR) is 95.9 cm³/mol. The third kappa shape index (κ3) is 5.29. The smallest absolute Gasteiger partial charge is 0.202 e. The van der Waals surface area contributed by atoms with Crippen molar-refractivity contribution in [1.82, 2.24) is 0 Å². The number of rotatable bonds is 3. The summed E-state index contributed by atoms with van der Waals surface area (Å²) in [4.78, 5) is 0. The fourth-order valence-electron chi connectivity index (χ4n) is 3.74. The average molecular weight is 816 g/mol. The Morgan fingerprint density at radius 1 is 1.20 bits per heavy atom. The first-order valence-electron chi connectivity index (χ1n) is 8.64. The van der Waals surface area contributed by atoms with Crippen molar-refractivity contribution in [1.29, 1.82) is 0 Å². The summed E-state index contributed by atoms with van der Waals surface area (Å²) in [5, 5.41) is 0. The van der Waals surface area contributed by atoms with Crippen molar-refractivity contribution in [3.05, 3.63) is 54.1 Å². The maximum atomic E-state index is 5.83. The summed E-state index contributed by atoms with van der Waals surface area (Å²) in [6.45, 7) is 9.43. The summed E-state index contributed by atoms with van der Waals surface area (Å²) in [7, 11) is 0. The molecule has 0 aromatic heterocycles. The van der Waals surface area contributed by atoms with E-state index in [0.717, 1.165) is 23.4 Å². The molecule has 4 heteroatoms. The first-order chi connectivity index (χ1) is 10.5. The SMILES string of the molecule is C[C-]1C=C2CC(CCC(C)C)CC[C-](C)C2=C2OCOC2=C1.[CH3-].[Lr].[U]. The van der Waals surface area contributed by atoms with Crippen LogP contribution in [-0.2, 0) is 9.47 Å². The van der Waals surface area contributed by atoms with Gasteiger partial charge in [-0.05, 0) is 11.8 Å². The molecule has 25 heavy (non-hydrogen) atoms. The molecule has 0 amide bonds. The molecule has 0 N–H and O–H groups in total. The zero-order valence-electron chi connectivity index (χ0n) is 16.1. The van der Waals surface area contributed by atoms with Crippen molar-refractivity contribution < 1.29 is 40.6 Å². The van der Waals surface area contributed by atoms with Crippen LogP contribution >= 0.6 is 0 Å². The zero-order valence-corrected chi connectivity index (χ0v) is 22.4. The summed E-state index contributed by atoms with van der Waals surface area (Å²) in [5.41, 5.74) is 2.78. The van der Waals surface area contributed by atoms with Crippen LogP contribution in [0.4, 0.5) is 0 Å².